The lowest BCUT2D eigenvalue weighted by Gasteiger charge is -2.03. The van der Waals surface area contributed by atoms with Crippen LogP contribution in [0.2, 0.25) is 0 Å². The fourth-order valence-corrected chi connectivity index (χ4v) is 4.60. The number of thioether (sulfide) groups is 1. The van der Waals surface area contributed by atoms with E-state index in [1.165, 1.54) is 16.9 Å². The van der Waals surface area contributed by atoms with Gasteiger partial charge in [0.05, 0.1) is 5.25 Å². The summed E-state index contributed by atoms with van der Waals surface area (Å²) >= 11 is 3.05. The minimum Gasteiger partial charge on any atom is -0.419 e. The molecule has 0 amide bonds. The third-order valence-corrected chi connectivity index (χ3v) is 6.02. The van der Waals surface area contributed by atoms with Crippen LogP contribution in [0.4, 0.5) is 10.8 Å². The summed E-state index contributed by atoms with van der Waals surface area (Å²) < 4.78 is 6.72. The highest BCUT2D eigenvalue weighted by atomic mass is 32.2. The highest BCUT2D eigenvalue weighted by Gasteiger charge is 2.18. The summed E-state index contributed by atoms with van der Waals surface area (Å²) in [5.41, 5.74) is 4.28. The number of benzene rings is 2. The van der Waals surface area contributed by atoms with E-state index >= 15 is 0 Å². The monoisotopic (exact) mass is 409 g/mol. The van der Waals surface area contributed by atoms with E-state index in [0.717, 1.165) is 26.3 Å². The minimum absolute atomic E-state index is 0.0224. The first-order chi connectivity index (χ1) is 13.6. The summed E-state index contributed by atoms with van der Waals surface area (Å²) in [6, 6.07) is 16.2. The van der Waals surface area contributed by atoms with E-state index in [4.69, 9.17) is 4.42 Å². The summed E-state index contributed by atoms with van der Waals surface area (Å²) in [4.78, 5) is 0. The molecule has 0 fully saturated rings. The fraction of sp³-hybridized carbons (Fsp3) is 0.200. The Labute approximate surface area is 171 Å². The van der Waals surface area contributed by atoms with Gasteiger partial charge in [0.25, 0.3) is 0 Å². The Balaban J connectivity index is 1.43. The van der Waals surface area contributed by atoms with Crippen molar-refractivity contribution in [3.05, 3.63) is 65.5 Å². The SMILES string of the molecule is Cc1cccc(Nc2nnc(S[C@@H](C)c3nnc(-c4cccc(C)c4)o3)s2)c1. The van der Waals surface area contributed by atoms with Gasteiger partial charge in [0.15, 0.2) is 4.34 Å². The fourth-order valence-electron chi connectivity index (χ4n) is 2.65. The number of nitrogens with zero attached hydrogens (tertiary/aromatic N) is 4. The molecule has 28 heavy (non-hydrogen) atoms. The Kier molecular flexibility index (Phi) is 5.40. The summed E-state index contributed by atoms with van der Waals surface area (Å²) in [5, 5.41) is 20.9. The van der Waals surface area contributed by atoms with E-state index < -0.39 is 0 Å². The van der Waals surface area contributed by atoms with Gasteiger partial charge in [-0.3, -0.25) is 0 Å². The molecule has 1 atom stereocenters. The standard InChI is InChI=1S/C20H19N5OS2/c1-12-6-4-8-15(10-12)18-23-22-17(26-18)14(3)27-20-25-24-19(28-20)21-16-9-5-7-13(2)11-16/h4-11,14H,1-3H3,(H,21,24)/t14-/m0/s1. The smallest absolute Gasteiger partial charge is 0.247 e. The number of nitrogens with one attached hydrogen (secondary N) is 1. The second kappa shape index (κ2) is 8.12. The van der Waals surface area contributed by atoms with Gasteiger partial charge in [-0.25, -0.2) is 0 Å². The Morgan fingerprint density at radius 2 is 1.75 bits per heavy atom. The molecule has 8 heteroatoms. The van der Waals surface area contributed by atoms with Crippen LogP contribution in [0.25, 0.3) is 11.5 Å². The maximum Gasteiger partial charge on any atom is 0.247 e. The van der Waals surface area contributed by atoms with Gasteiger partial charge < -0.3 is 9.73 Å². The third kappa shape index (κ3) is 4.40. The summed E-state index contributed by atoms with van der Waals surface area (Å²) in [7, 11) is 0. The molecule has 0 saturated heterocycles. The number of aryl methyl sites for hydroxylation is 2. The predicted octanol–water partition coefficient (Wildman–Crippen LogP) is 5.80. The Hall–Kier alpha value is -2.71. The molecule has 0 spiro atoms. The zero-order valence-electron chi connectivity index (χ0n) is 15.7. The second-order valence-corrected chi connectivity index (χ2v) is 9.01. The highest BCUT2D eigenvalue weighted by molar-refractivity contribution is 8.01. The molecule has 0 saturated carbocycles. The maximum absolute atomic E-state index is 5.87. The summed E-state index contributed by atoms with van der Waals surface area (Å²) in [6.07, 6.45) is 0. The van der Waals surface area contributed by atoms with Gasteiger partial charge >= 0.3 is 0 Å². The van der Waals surface area contributed by atoms with Crippen molar-refractivity contribution < 1.29 is 4.42 Å². The molecule has 6 nitrogen and oxygen atoms in total. The largest absolute Gasteiger partial charge is 0.419 e. The second-order valence-electron chi connectivity index (χ2n) is 6.44. The number of hydrogen-bond acceptors (Lipinski definition) is 8. The van der Waals surface area contributed by atoms with Gasteiger partial charge in [0.2, 0.25) is 16.9 Å². The zero-order valence-corrected chi connectivity index (χ0v) is 17.3. The molecule has 2 aromatic heterocycles. The van der Waals surface area contributed by atoms with Crippen molar-refractivity contribution in [2.45, 2.75) is 30.4 Å². The Bertz CT molecular complexity index is 1090. The first-order valence-corrected chi connectivity index (χ1v) is 10.5. The molecular formula is C20H19N5OS2. The molecule has 0 aliphatic carbocycles. The molecule has 1 N–H and O–H groups in total. The molecule has 2 aromatic carbocycles. The number of anilines is 2. The van der Waals surface area contributed by atoms with E-state index in [1.807, 2.05) is 50.2 Å². The van der Waals surface area contributed by atoms with Crippen LogP contribution in [0.3, 0.4) is 0 Å². The lowest BCUT2D eigenvalue weighted by molar-refractivity contribution is 0.509. The average molecular weight is 410 g/mol. The predicted molar refractivity (Wildman–Crippen MR) is 113 cm³/mol. The van der Waals surface area contributed by atoms with Crippen molar-refractivity contribution >= 4 is 33.9 Å². The molecule has 2 heterocycles. The van der Waals surface area contributed by atoms with Crippen LogP contribution in [-0.4, -0.2) is 20.4 Å². The van der Waals surface area contributed by atoms with E-state index in [9.17, 15) is 0 Å². The van der Waals surface area contributed by atoms with Crippen LogP contribution < -0.4 is 5.32 Å². The third-order valence-electron chi connectivity index (χ3n) is 4.01. The van der Waals surface area contributed by atoms with Gasteiger partial charge in [0.1, 0.15) is 0 Å². The summed E-state index contributed by atoms with van der Waals surface area (Å²) in [5.74, 6) is 1.11. The molecule has 4 rings (SSSR count). The molecule has 4 aromatic rings. The van der Waals surface area contributed by atoms with E-state index in [2.05, 4.69) is 44.8 Å². The van der Waals surface area contributed by atoms with Crippen molar-refractivity contribution in [2.75, 3.05) is 5.32 Å². The number of rotatable bonds is 6. The van der Waals surface area contributed by atoms with E-state index in [0.29, 0.717) is 11.8 Å². The van der Waals surface area contributed by atoms with Crippen molar-refractivity contribution in [3.63, 3.8) is 0 Å². The Morgan fingerprint density at radius 3 is 2.54 bits per heavy atom. The number of aromatic nitrogens is 4. The van der Waals surface area contributed by atoms with Crippen LogP contribution in [0, 0.1) is 13.8 Å². The van der Waals surface area contributed by atoms with Gasteiger partial charge in [-0.1, -0.05) is 52.9 Å². The van der Waals surface area contributed by atoms with Gasteiger partial charge in [-0.05, 0) is 50.6 Å². The van der Waals surface area contributed by atoms with Crippen LogP contribution >= 0.6 is 23.1 Å². The molecule has 0 unspecified atom stereocenters. The first kappa shape index (κ1) is 18.6. The van der Waals surface area contributed by atoms with Gasteiger partial charge in [-0.2, -0.15) is 0 Å². The molecule has 0 radical (unpaired) electrons. The quantitative estimate of drug-likeness (QED) is 0.403. The summed E-state index contributed by atoms with van der Waals surface area (Å²) in [6.45, 7) is 6.12. The molecule has 0 aliphatic rings. The topological polar surface area (TPSA) is 76.7 Å². The highest BCUT2D eigenvalue weighted by Crippen LogP contribution is 2.38. The number of hydrogen-bond donors (Lipinski definition) is 1. The lowest BCUT2D eigenvalue weighted by Crippen LogP contribution is -1.89. The Morgan fingerprint density at radius 1 is 0.964 bits per heavy atom. The van der Waals surface area contributed by atoms with Crippen LogP contribution in [0.5, 0.6) is 0 Å². The van der Waals surface area contributed by atoms with Crippen molar-refractivity contribution in [1.29, 1.82) is 0 Å². The van der Waals surface area contributed by atoms with E-state index in [1.54, 1.807) is 11.8 Å². The van der Waals surface area contributed by atoms with Gasteiger partial charge in [0, 0.05) is 11.3 Å². The molecule has 142 valence electrons. The normalized spacial score (nSPS) is 12.1. The van der Waals surface area contributed by atoms with Crippen LogP contribution in [0.1, 0.15) is 29.2 Å². The molecular weight excluding hydrogens is 390 g/mol. The van der Waals surface area contributed by atoms with Crippen LogP contribution in [0.15, 0.2) is 57.3 Å². The zero-order chi connectivity index (χ0) is 19.5. The van der Waals surface area contributed by atoms with Gasteiger partial charge in [-0.15, -0.1) is 20.4 Å². The van der Waals surface area contributed by atoms with Crippen molar-refractivity contribution in [3.8, 4) is 11.5 Å². The maximum atomic E-state index is 5.87. The first-order valence-electron chi connectivity index (χ1n) is 8.81. The van der Waals surface area contributed by atoms with E-state index in [-0.39, 0.29) is 5.25 Å². The van der Waals surface area contributed by atoms with Crippen molar-refractivity contribution in [1.82, 2.24) is 20.4 Å². The molecule has 0 aliphatic heterocycles. The average Bonchev–Trinajstić information content (AvgIpc) is 3.32. The van der Waals surface area contributed by atoms with Crippen molar-refractivity contribution in [2.24, 2.45) is 0 Å². The lowest BCUT2D eigenvalue weighted by atomic mass is 10.1. The molecule has 0 bridgehead atoms. The van der Waals surface area contributed by atoms with Crippen LogP contribution in [-0.2, 0) is 0 Å². The minimum atomic E-state index is -0.0224.